The second-order valence-corrected chi connectivity index (χ2v) is 4.61. The number of rotatable bonds is 5. The average Bonchev–Trinajstić information content (AvgIpc) is 2.22. The smallest absolute Gasteiger partial charge is 0.0245 e. The molecule has 3 heteroatoms. The van der Waals surface area contributed by atoms with Gasteiger partial charge in [0.15, 0.2) is 0 Å². The molecule has 0 bridgehead atoms. The third-order valence-corrected chi connectivity index (χ3v) is 3.26. The molecule has 1 aromatic rings. The first kappa shape index (κ1) is 12.7. The highest BCUT2D eigenvalue weighted by molar-refractivity contribution is 9.10. The topological polar surface area (TPSA) is 29.3 Å². The van der Waals surface area contributed by atoms with Gasteiger partial charge in [0.1, 0.15) is 0 Å². The van der Waals surface area contributed by atoms with Crippen LogP contribution < -0.4 is 5.73 Å². The van der Waals surface area contributed by atoms with Gasteiger partial charge in [-0.15, -0.1) is 0 Å². The highest BCUT2D eigenvalue weighted by atomic mass is 79.9. The van der Waals surface area contributed by atoms with Gasteiger partial charge in [-0.25, -0.2) is 0 Å². The molecule has 0 aromatic heterocycles. The van der Waals surface area contributed by atoms with Crippen molar-refractivity contribution in [3.05, 3.63) is 33.8 Å². The summed E-state index contributed by atoms with van der Waals surface area (Å²) in [6.45, 7) is 7.97. The zero-order valence-electron chi connectivity index (χ0n) is 9.46. The van der Waals surface area contributed by atoms with Crippen molar-refractivity contribution >= 4 is 15.9 Å². The number of nitrogens with two attached hydrogens (primary N) is 1. The number of hydrogen-bond donors (Lipinski definition) is 1. The lowest BCUT2D eigenvalue weighted by Gasteiger charge is -2.20. The largest absolute Gasteiger partial charge is 0.329 e. The van der Waals surface area contributed by atoms with Crippen LogP contribution in [0.25, 0.3) is 0 Å². The van der Waals surface area contributed by atoms with Crippen molar-refractivity contribution < 1.29 is 0 Å². The van der Waals surface area contributed by atoms with Crippen LogP contribution in [0.3, 0.4) is 0 Å². The highest BCUT2D eigenvalue weighted by Crippen LogP contribution is 2.19. The fourth-order valence-corrected chi connectivity index (χ4v) is 1.97. The van der Waals surface area contributed by atoms with Crippen molar-refractivity contribution in [1.82, 2.24) is 4.90 Å². The lowest BCUT2D eigenvalue weighted by molar-refractivity contribution is 0.287. The Morgan fingerprint density at radius 3 is 2.73 bits per heavy atom. The second-order valence-electron chi connectivity index (χ2n) is 3.75. The van der Waals surface area contributed by atoms with Crippen molar-refractivity contribution in [1.29, 1.82) is 0 Å². The van der Waals surface area contributed by atoms with Gasteiger partial charge in [-0.1, -0.05) is 40.5 Å². The van der Waals surface area contributed by atoms with Crippen LogP contribution in [-0.2, 0) is 6.54 Å². The summed E-state index contributed by atoms with van der Waals surface area (Å²) in [5.41, 5.74) is 8.21. The molecular weight excluding hydrogens is 252 g/mol. The molecule has 0 saturated heterocycles. The maximum absolute atomic E-state index is 5.57. The molecule has 1 aromatic carbocycles. The molecule has 0 aliphatic rings. The van der Waals surface area contributed by atoms with Crippen molar-refractivity contribution in [3.63, 3.8) is 0 Å². The Balaban J connectivity index is 2.73. The van der Waals surface area contributed by atoms with Crippen molar-refractivity contribution in [2.45, 2.75) is 20.4 Å². The Kier molecular flexibility index (Phi) is 5.29. The average molecular weight is 271 g/mol. The fraction of sp³-hybridized carbons (Fsp3) is 0.500. The Morgan fingerprint density at radius 1 is 1.40 bits per heavy atom. The minimum atomic E-state index is 0.720. The van der Waals surface area contributed by atoms with E-state index >= 15 is 0 Å². The van der Waals surface area contributed by atoms with Crippen molar-refractivity contribution in [2.24, 2.45) is 5.73 Å². The summed E-state index contributed by atoms with van der Waals surface area (Å²) in [7, 11) is 0. The fourth-order valence-electron chi connectivity index (χ4n) is 1.60. The molecule has 0 saturated carbocycles. The zero-order valence-corrected chi connectivity index (χ0v) is 11.0. The second kappa shape index (κ2) is 6.26. The van der Waals surface area contributed by atoms with E-state index < -0.39 is 0 Å². The van der Waals surface area contributed by atoms with Gasteiger partial charge in [0.2, 0.25) is 0 Å². The van der Waals surface area contributed by atoms with Gasteiger partial charge in [-0.2, -0.15) is 0 Å². The van der Waals surface area contributed by atoms with Crippen LogP contribution in [0.15, 0.2) is 22.7 Å². The molecule has 0 aliphatic heterocycles. The van der Waals surface area contributed by atoms with Crippen LogP contribution in [0.5, 0.6) is 0 Å². The molecule has 0 fully saturated rings. The monoisotopic (exact) mass is 270 g/mol. The summed E-state index contributed by atoms with van der Waals surface area (Å²) >= 11 is 3.58. The number of likely N-dealkylation sites (N-methyl/N-ethyl adjacent to an activating group) is 1. The van der Waals surface area contributed by atoms with Gasteiger partial charge in [0.05, 0.1) is 0 Å². The van der Waals surface area contributed by atoms with Crippen molar-refractivity contribution in [3.8, 4) is 0 Å². The van der Waals surface area contributed by atoms with Gasteiger partial charge in [-0.3, -0.25) is 4.90 Å². The van der Waals surface area contributed by atoms with E-state index in [9.17, 15) is 0 Å². The van der Waals surface area contributed by atoms with Crippen molar-refractivity contribution in [2.75, 3.05) is 19.6 Å². The summed E-state index contributed by atoms with van der Waals surface area (Å²) in [5.74, 6) is 0. The van der Waals surface area contributed by atoms with E-state index in [1.807, 2.05) is 0 Å². The molecule has 0 unspecified atom stereocenters. The summed E-state index contributed by atoms with van der Waals surface area (Å²) in [4.78, 5) is 2.35. The predicted molar refractivity (Wildman–Crippen MR) is 68.9 cm³/mol. The van der Waals surface area contributed by atoms with Gasteiger partial charge >= 0.3 is 0 Å². The molecule has 0 aliphatic carbocycles. The Bertz CT molecular complexity index is 312. The molecule has 1 rings (SSSR count). The first-order chi connectivity index (χ1) is 7.17. The Morgan fingerprint density at radius 2 is 2.13 bits per heavy atom. The predicted octanol–water partition coefficient (Wildman–Crippen LogP) is 2.54. The SMILES string of the molecule is CCN(CCN)Cc1cc(C)ccc1Br. The zero-order chi connectivity index (χ0) is 11.3. The van der Waals surface area contributed by atoms with E-state index in [-0.39, 0.29) is 0 Å². The third-order valence-electron chi connectivity index (χ3n) is 2.49. The number of halogens is 1. The van der Waals surface area contributed by atoms with Gasteiger partial charge < -0.3 is 5.73 Å². The van der Waals surface area contributed by atoms with Crippen LogP contribution in [0.4, 0.5) is 0 Å². The maximum Gasteiger partial charge on any atom is 0.0245 e. The first-order valence-corrected chi connectivity index (χ1v) is 6.14. The third kappa shape index (κ3) is 3.93. The lowest BCUT2D eigenvalue weighted by Crippen LogP contribution is -2.28. The highest BCUT2D eigenvalue weighted by Gasteiger charge is 2.05. The maximum atomic E-state index is 5.57. The lowest BCUT2D eigenvalue weighted by atomic mass is 10.1. The van der Waals surface area contributed by atoms with Crippen LogP contribution in [0.2, 0.25) is 0 Å². The van der Waals surface area contributed by atoms with E-state index in [1.165, 1.54) is 15.6 Å². The number of benzene rings is 1. The minimum absolute atomic E-state index is 0.720. The minimum Gasteiger partial charge on any atom is -0.329 e. The summed E-state index contributed by atoms with van der Waals surface area (Å²) in [5, 5.41) is 0. The van der Waals surface area contributed by atoms with E-state index in [2.05, 4.69) is 52.9 Å². The van der Waals surface area contributed by atoms with E-state index in [1.54, 1.807) is 0 Å². The van der Waals surface area contributed by atoms with Crippen LogP contribution in [0, 0.1) is 6.92 Å². The van der Waals surface area contributed by atoms with Gasteiger partial charge in [0, 0.05) is 24.1 Å². The number of aryl methyl sites for hydroxylation is 1. The van der Waals surface area contributed by atoms with Crippen LogP contribution in [-0.4, -0.2) is 24.5 Å². The molecule has 84 valence electrons. The summed E-state index contributed by atoms with van der Waals surface area (Å²) in [6, 6.07) is 6.46. The number of hydrogen-bond acceptors (Lipinski definition) is 2. The molecule has 15 heavy (non-hydrogen) atoms. The van der Waals surface area contributed by atoms with Crippen LogP contribution >= 0.6 is 15.9 Å². The first-order valence-electron chi connectivity index (χ1n) is 5.34. The number of nitrogens with zero attached hydrogens (tertiary/aromatic N) is 1. The molecular formula is C12H19BrN2. The van der Waals surface area contributed by atoms with Gasteiger partial charge in [-0.05, 0) is 25.1 Å². The molecule has 0 amide bonds. The van der Waals surface area contributed by atoms with E-state index in [0.717, 1.165) is 26.2 Å². The molecule has 2 nitrogen and oxygen atoms in total. The normalized spacial score (nSPS) is 11.0. The molecule has 0 atom stereocenters. The molecule has 2 N–H and O–H groups in total. The molecule has 0 radical (unpaired) electrons. The molecule has 0 spiro atoms. The Labute approximate surface area is 101 Å². The summed E-state index contributed by atoms with van der Waals surface area (Å²) in [6.07, 6.45) is 0. The summed E-state index contributed by atoms with van der Waals surface area (Å²) < 4.78 is 1.18. The standard InChI is InChI=1S/C12H19BrN2/c1-3-15(7-6-14)9-11-8-10(2)4-5-12(11)13/h4-5,8H,3,6-7,9,14H2,1-2H3. The molecule has 0 heterocycles. The Hall–Kier alpha value is -0.380. The van der Waals surface area contributed by atoms with E-state index in [0.29, 0.717) is 0 Å². The van der Waals surface area contributed by atoms with E-state index in [4.69, 9.17) is 5.73 Å². The van der Waals surface area contributed by atoms with Crippen LogP contribution in [0.1, 0.15) is 18.1 Å². The quantitative estimate of drug-likeness (QED) is 0.891. The van der Waals surface area contributed by atoms with Gasteiger partial charge in [0.25, 0.3) is 0 Å².